The summed E-state index contributed by atoms with van der Waals surface area (Å²) in [7, 11) is 0. The number of aromatic amines is 1. The standard InChI is InChI=1S/C10H14N4OS/c1-5(2)14-7(4)8(6(3)13-14)9-11-12-10(16)15-9/h5H,1-4H3,(H,12,16). The van der Waals surface area contributed by atoms with Crippen LogP contribution in [0.25, 0.3) is 11.5 Å². The zero-order valence-electron chi connectivity index (χ0n) is 9.74. The normalized spacial score (nSPS) is 11.3. The van der Waals surface area contributed by atoms with Gasteiger partial charge in [-0.1, -0.05) is 0 Å². The molecule has 0 spiro atoms. The van der Waals surface area contributed by atoms with Crippen molar-refractivity contribution in [2.45, 2.75) is 33.7 Å². The van der Waals surface area contributed by atoms with E-state index in [1.165, 1.54) is 0 Å². The molecule has 0 aliphatic carbocycles. The second kappa shape index (κ2) is 3.86. The molecule has 0 aliphatic heterocycles. The molecule has 0 unspecified atom stereocenters. The van der Waals surface area contributed by atoms with Crippen molar-refractivity contribution in [1.29, 1.82) is 0 Å². The maximum Gasteiger partial charge on any atom is 0.284 e. The molecular formula is C10H14N4OS. The number of rotatable bonds is 2. The fourth-order valence-corrected chi connectivity index (χ4v) is 1.94. The number of H-pyrrole nitrogens is 1. The van der Waals surface area contributed by atoms with Crippen LogP contribution in [0.2, 0.25) is 0 Å². The second-order valence-electron chi connectivity index (χ2n) is 4.00. The van der Waals surface area contributed by atoms with Crippen LogP contribution in [0.4, 0.5) is 0 Å². The third-order valence-corrected chi connectivity index (χ3v) is 2.64. The van der Waals surface area contributed by atoms with Gasteiger partial charge in [-0.3, -0.25) is 4.68 Å². The molecule has 2 aromatic rings. The smallest absolute Gasteiger partial charge is 0.284 e. The average Bonchev–Trinajstić information content (AvgIpc) is 2.71. The third-order valence-electron chi connectivity index (χ3n) is 2.47. The zero-order valence-corrected chi connectivity index (χ0v) is 10.6. The van der Waals surface area contributed by atoms with Crippen LogP contribution in [0.1, 0.15) is 31.3 Å². The largest absolute Gasteiger partial charge is 0.409 e. The van der Waals surface area contributed by atoms with E-state index in [1.807, 2.05) is 18.5 Å². The molecule has 5 nitrogen and oxygen atoms in total. The molecule has 86 valence electrons. The molecule has 2 rings (SSSR count). The summed E-state index contributed by atoms with van der Waals surface area (Å²) in [4.78, 5) is 0.283. The Morgan fingerprint density at radius 3 is 2.50 bits per heavy atom. The van der Waals surface area contributed by atoms with E-state index in [4.69, 9.17) is 16.6 Å². The molecular weight excluding hydrogens is 224 g/mol. The Hall–Kier alpha value is -1.43. The van der Waals surface area contributed by atoms with E-state index in [0.717, 1.165) is 17.0 Å². The van der Waals surface area contributed by atoms with Crippen molar-refractivity contribution in [3.8, 4) is 11.5 Å². The molecule has 0 bridgehead atoms. The van der Waals surface area contributed by atoms with Gasteiger partial charge in [-0.2, -0.15) is 5.10 Å². The Morgan fingerprint density at radius 1 is 1.38 bits per heavy atom. The first kappa shape index (κ1) is 11.1. The fourth-order valence-electron chi connectivity index (χ4n) is 1.81. The summed E-state index contributed by atoms with van der Waals surface area (Å²) >= 11 is 4.87. The Bertz CT molecular complexity index is 564. The molecule has 16 heavy (non-hydrogen) atoms. The monoisotopic (exact) mass is 238 g/mol. The van der Waals surface area contributed by atoms with Gasteiger partial charge in [0, 0.05) is 11.7 Å². The van der Waals surface area contributed by atoms with Gasteiger partial charge in [0.05, 0.1) is 11.3 Å². The second-order valence-corrected chi connectivity index (χ2v) is 4.37. The molecule has 2 aromatic heterocycles. The lowest BCUT2D eigenvalue weighted by Gasteiger charge is -2.07. The molecule has 0 fully saturated rings. The van der Waals surface area contributed by atoms with Gasteiger partial charge in [-0.15, -0.1) is 5.10 Å². The summed E-state index contributed by atoms with van der Waals surface area (Å²) in [5.41, 5.74) is 2.86. The topological polar surface area (TPSA) is 59.6 Å². The fraction of sp³-hybridized carbons (Fsp3) is 0.500. The molecule has 6 heteroatoms. The van der Waals surface area contributed by atoms with Crippen LogP contribution in [-0.4, -0.2) is 20.0 Å². The maximum atomic E-state index is 5.32. The van der Waals surface area contributed by atoms with Gasteiger partial charge in [0.1, 0.15) is 0 Å². The molecule has 0 aromatic carbocycles. The molecule has 0 saturated heterocycles. The van der Waals surface area contributed by atoms with Crippen LogP contribution in [0.15, 0.2) is 4.42 Å². The molecule has 0 aliphatic rings. The van der Waals surface area contributed by atoms with Crippen molar-refractivity contribution < 1.29 is 4.42 Å². The highest BCUT2D eigenvalue weighted by atomic mass is 32.1. The minimum Gasteiger partial charge on any atom is -0.409 e. The number of aromatic nitrogens is 4. The van der Waals surface area contributed by atoms with Crippen LogP contribution in [0, 0.1) is 18.7 Å². The van der Waals surface area contributed by atoms with Gasteiger partial charge >= 0.3 is 0 Å². The van der Waals surface area contributed by atoms with Crippen LogP contribution in [-0.2, 0) is 0 Å². The lowest BCUT2D eigenvalue weighted by molar-refractivity contribution is 0.515. The predicted molar refractivity (Wildman–Crippen MR) is 62.8 cm³/mol. The van der Waals surface area contributed by atoms with E-state index in [2.05, 4.69) is 29.1 Å². The summed E-state index contributed by atoms with van der Waals surface area (Å²) in [5.74, 6) is 0.506. The summed E-state index contributed by atoms with van der Waals surface area (Å²) < 4.78 is 7.28. The number of hydrogen-bond donors (Lipinski definition) is 1. The minimum absolute atomic E-state index is 0.283. The van der Waals surface area contributed by atoms with Crippen molar-refractivity contribution in [2.75, 3.05) is 0 Å². The molecule has 2 heterocycles. The van der Waals surface area contributed by atoms with Gasteiger partial charge in [0.25, 0.3) is 4.84 Å². The predicted octanol–water partition coefficient (Wildman–Crippen LogP) is 2.79. The first-order valence-corrected chi connectivity index (χ1v) is 5.53. The first-order valence-electron chi connectivity index (χ1n) is 5.12. The highest BCUT2D eigenvalue weighted by Gasteiger charge is 2.18. The van der Waals surface area contributed by atoms with E-state index in [9.17, 15) is 0 Å². The molecule has 0 radical (unpaired) electrons. The van der Waals surface area contributed by atoms with E-state index < -0.39 is 0 Å². The Morgan fingerprint density at radius 2 is 2.06 bits per heavy atom. The van der Waals surface area contributed by atoms with Crippen molar-refractivity contribution in [1.82, 2.24) is 20.0 Å². The van der Waals surface area contributed by atoms with Crippen molar-refractivity contribution in [3.05, 3.63) is 16.2 Å². The van der Waals surface area contributed by atoms with Gasteiger partial charge in [0.15, 0.2) is 0 Å². The van der Waals surface area contributed by atoms with E-state index in [-0.39, 0.29) is 4.84 Å². The van der Waals surface area contributed by atoms with Crippen LogP contribution in [0.5, 0.6) is 0 Å². The molecule has 0 amide bonds. The van der Waals surface area contributed by atoms with Crippen LogP contribution < -0.4 is 0 Å². The number of aryl methyl sites for hydroxylation is 1. The zero-order chi connectivity index (χ0) is 11.9. The van der Waals surface area contributed by atoms with E-state index in [0.29, 0.717) is 11.9 Å². The minimum atomic E-state index is 0.283. The van der Waals surface area contributed by atoms with Crippen LogP contribution in [0.3, 0.4) is 0 Å². The Balaban J connectivity index is 2.61. The van der Waals surface area contributed by atoms with Gasteiger partial charge in [-0.05, 0) is 39.9 Å². The summed E-state index contributed by atoms with van der Waals surface area (Å²) in [6.07, 6.45) is 0. The number of hydrogen-bond acceptors (Lipinski definition) is 4. The summed E-state index contributed by atoms with van der Waals surface area (Å²) in [6.45, 7) is 8.11. The Labute approximate surface area is 98.5 Å². The Kier molecular flexibility index (Phi) is 2.67. The average molecular weight is 238 g/mol. The molecule has 0 atom stereocenters. The number of nitrogens with one attached hydrogen (secondary N) is 1. The molecule has 1 N–H and O–H groups in total. The highest BCUT2D eigenvalue weighted by molar-refractivity contribution is 7.71. The molecule has 0 saturated carbocycles. The van der Waals surface area contributed by atoms with Crippen LogP contribution >= 0.6 is 12.2 Å². The maximum absolute atomic E-state index is 5.32. The van der Waals surface area contributed by atoms with Gasteiger partial charge in [0.2, 0.25) is 5.89 Å². The summed E-state index contributed by atoms with van der Waals surface area (Å²) in [5, 5.41) is 11.1. The first-order chi connectivity index (χ1) is 7.50. The van der Waals surface area contributed by atoms with Crippen molar-refractivity contribution in [2.24, 2.45) is 0 Å². The van der Waals surface area contributed by atoms with E-state index in [1.54, 1.807) is 0 Å². The van der Waals surface area contributed by atoms with Crippen molar-refractivity contribution in [3.63, 3.8) is 0 Å². The van der Waals surface area contributed by atoms with Gasteiger partial charge in [-0.25, -0.2) is 5.10 Å². The lowest BCUT2D eigenvalue weighted by Crippen LogP contribution is -2.04. The van der Waals surface area contributed by atoms with Gasteiger partial charge < -0.3 is 4.42 Å². The lowest BCUT2D eigenvalue weighted by atomic mass is 10.2. The third kappa shape index (κ3) is 1.69. The van der Waals surface area contributed by atoms with E-state index >= 15 is 0 Å². The highest BCUT2D eigenvalue weighted by Crippen LogP contribution is 2.26. The SMILES string of the molecule is Cc1nn(C(C)C)c(C)c1-c1n[nH]c(=S)o1. The van der Waals surface area contributed by atoms with Crippen molar-refractivity contribution >= 4 is 12.2 Å². The quantitative estimate of drug-likeness (QED) is 0.817. The number of nitrogens with zero attached hydrogens (tertiary/aromatic N) is 3. The summed E-state index contributed by atoms with van der Waals surface area (Å²) in [6, 6.07) is 0.314.